The highest BCUT2D eigenvalue weighted by Gasteiger charge is 2.27. The van der Waals surface area contributed by atoms with Crippen molar-refractivity contribution in [3.8, 4) is 5.75 Å². The second-order valence-electron chi connectivity index (χ2n) is 4.45. The summed E-state index contributed by atoms with van der Waals surface area (Å²) in [6.07, 6.45) is 0. The smallest absolute Gasteiger partial charge is 0.238 e. The van der Waals surface area contributed by atoms with Gasteiger partial charge in [0, 0.05) is 19.2 Å². The van der Waals surface area contributed by atoms with E-state index in [2.05, 4.69) is 15.9 Å². The number of rotatable bonds is 4. The van der Waals surface area contributed by atoms with Crippen LogP contribution in [0.5, 0.6) is 5.75 Å². The molecule has 0 atom stereocenters. The molecule has 4 heteroatoms. The molecule has 17 heavy (non-hydrogen) atoms. The van der Waals surface area contributed by atoms with Crippen molar-refractivity contribution >= 4 is 21.8 Å². The van der Waals surface area contributed by atoms with E-state index in [9.17, 15) is 4.79 Å². The van der Waals surface area contributed by atoms with Gasteiger partial charge in [-0.2, -0.15) is 0 Å². The molecule has 0 N–H and O–H groups in total. The maximum Gasteiger partial charge on any atom is 0.238 e. The first-order valence-corrected chi connectivity index (χ1v) is 6.22. The van der Waals surface area contributed by atoms with E-state index < -0.39 is 4.32 Å². The number of hydrogen-bond acceptors (Lipinski definition) is 2. The molecule has 1 rings (SSSR count). The topological polar surface area (TPSA) is 29.5 Å². The molecular formula is C13H18BrNO2. The molecule has 0 heterocycles. The van der Waals surface area contributed by atoms with Gasteiger partial charge in [0.2, 0.25) is 5.91 Å². The van der Waals surface area contributed by atoms with E-state index in [1.165, 1.54) is 0 Å². The molecule has 0 spiro atoms. The van der Waals surface area contributed by atoms with Gasteiger partial charge in [-0.1, -0.05) is 34.1 Å². The zero-order valence-electron chi connectivity index (χ0n) is 10.7. The van der Waals surface area contributed by atoms with Crippen LogP contribution in [0.25, 0.3) is 0 Å². The Labute approximate surface area is 111 Å². The number of carbonyl (C=O) groups excluding carboxylic acids is 1. The zero-order valence-corrected chi connectivity index (χ0v) is 12.2. The second-order valence-corrected chi connectivity index (χ2v) is 6.43. The normalized spacial score (nSPS) is 11.1. The molecule has 0 aliphatic heterocycles. The number of methoxy groups -OCH3 is 1. The fourth-order valence-electron chi connectivity index (χ4n) is 1.61. The van der Waals surface area contributed by atoms with Gasteiger partial charge in [0.25, 0.3) is 0 Å². The van der Waals surface area contributed by atoms with Gasteiger partial charge in [0.1, 0.15) is 5.75 Å². The van der Waals surface area contributed by atoms with Crippen molar-refractivity contribution in [2.75, 3.05) is 14.2 Å². The van der Waals surface area contributed by atoms with Crippen molar-refractivity contribution in [2.45, 2.75) is 24.7 Å². The van der Waals surface area contributed by atoms with Crippen molar-refractivity contribution < 1.29 is 9.53 Å². The van der Waals surface area contributed by atoms with Gasteiger partial charge in [0.15, 0.2) is 0 Å². The molecule has 0 radical (unpaired) electrons. The number of amides is 1. The molecule has 0 saturated carbocycles. The molecule has 0 unspecified atom stereocenters. The molecule has 0 saturated heterocycles. The van der Waals surface area contributed by atoms with Crippen LogP contribution in [-0.2, 0) is 11.3 Å². The van der Waals surface area contributed by atoms with Crippen LogP contribution in [0.3, 0.4) is 0 Å². The first kappa shape index (κ1) is 14.0. The lowest BCUT2D eigenvalue weighted by atomic mass is 10.1. The number of alkyl halides is 1. The summed E-state index contributed by atoms with van der Waals surface area (Å²) in [7, 11) is 3.42. The summed E-state index contributed by atoms with van der Waals surface area (Å²) in [5, 5.41) is 0. The van der Waals surface area contributed by atoms with Crippen molar-refractivity contribution in [3.05, 3.63) is 29.8 Å². The standard InChI is InChI=1S/C13H18BrNO2/c1-13(2,14)12(16)15(3)9-10-7-5-6-8-11(10)17-4/h5-8H,9H2,1-4H3. The quantitative estimate of drug-likeness (QED) is 0.800. The van der Waals surface area contributed by atoms with Crippen LogP contribution in [0, 0.1) is 0 Å². The molecule has 0 fully saturated rings. The first-order valence-electron chi connectivity index (χ1n) is 5.42. The third-order valence-corrected chi connectivity index (χ3v) is 2.79. The average molecular weight is 300 g/mol. The van der Waals surface area contributed by atoms with Crippen molar-refractivity contribution in [2.24, 2.45) is 0 Å². The highest BCUT2D eigenvalue weighted by Crippen LogP contribution is 2.23. The highest BCUT2D eigenvalue weighted by molar-refractivity contribution is 9.10. The number of benzene rings is 1. The fraction of sp³-hybridized carbons (Fsp3) is 0.462. The third-order valence-electron chi connectivity index (χ3n) is 2.46. The molecule has 1 aromatic carbocycles. The Hall–Kier alpha value is -1.03. The molecule has 0 aromatic heterocycles. The number of hydrogen-bond donors (Lipinski definition) is 0. The first-order chi connectivity index (χ1) is 7.86. The van der Waals surface area contributed by atoms with Crippen LogP contribution in [0.1, 0.15) is 19.4 Å². The summed E-state index contributed by atoms with van der Waals surface area (Å²) in [5.41, 5.74) is 1.00. The maximum absolute atomic E-state index is 12.0. The number of para-hydroxylation sites is 1. The summed E-state index contributed by atoms with van der Waals surface area (Å²) in [4.78, 5) is 13.7. The molecule has 0 aliphatic rings. The van der Waals surface area contributed by atoms with Crippen LogP contribution in [0.4, 0.5) is 0 Å². The van der Waals surface area contributed by atoms with Gasteiger partial charge in [-0.3, -0.25) is 4.79 Å². The average Bonchev–Trinajstić information content (AvgIpc) is 2.27. The molecule has 3 nitrogen and oxygen atoms in total. The molecule has 0 bridgehead atoms. The predicted octanol–water partition coefficient (Wildman–Crippen LogP) is 2.83. The minimum absolute atomic E-state index is 0.0448. The van der Waals surface area contributed by atoms with Gasteiger partial charge in [-0.25, -0.2) is 0 Å². The summed E-state index contributed by atoms with van der Waals surface area (Å²) in [6.45, 7) is 4.22. The molecule has 1 aromatic rings. The van der Waals surface area contributed by atoms with Gasteiger partial charge >= 0.3 is 0 Å². The SMILES string of the molecule is COc1ccccc1CN(C)C(=O)C(C)(C)Br. The highest BCUT2D eigenvalue weighted by atomic mass is 79.9. The summed E-state index contributed by atoms with van der Waals surface area (Å²) in [6, 6.07) is 7.71. The minimum atomic E-state index is -0.538. The van der Waals surface area contributed by atoms with Gasteiger partial charge < -0.3 is 9.64 Å². The second kappa shape index (κ2) is 5.54. The number of halogens is 1. The van der Waals surface area contributed by atoms with Crippen molar-refractivity contribution in [3.63, 3.8) is 0 Å². The largest absolute Gasteiger partial charge is 0.496 e. The Bertz CT molecular complexity index is 399. The number of carbonyl (C=O) groups is 1. The summed E-state index contributed by atoms with van der Waals surface area (Å²) in [5.74, 6) is 0.850. The van der Waals surface area contributed by atoms with E-state index in [1.807, 2.05) is 38.1 Å². The lowest BCUT2D eigenvalue weighted by molar-refractivity contribution is -0.131. The van der Waals surface area contributed by atoms with E-state index in [4.69, 9.17) is 4.74 Å². The van der Waals surface area contributed by atoms with E-state index in [1.54, 1.807) is 19.1 Å². The summed E-state index contributed by atoms with van der Waals surface area (Å²) >= 11 is 3.37. The Kier molecular flexibility index (Phi) is 4.57. The van der Waals surface area contributed by atoms with Crippen LogP contribution in [-0.4, -0.2) is 29.3 Å². The van der Waals surface area contributed by atoms with E-state index >= 15 is 0 Å². The van der Waals surface area contributed by atoms with Crippen molar-refractivity contribution in [1.82, 2.24) is 4.90 Å². The van der Waals surface area contributed by atoms with Gasteiger partial charge in [-0.05, 0) is 19.9 Å². The van der Waals surface area contributed by atoms with E-state index in [0.29, 0.717) is 6.54 Å². The van der Waals surface area contributed by atoms with Crippen LogP contribution in [0.15, 0.2) is 24.3 Å². The van der Waals surface area contributed by atoms with Crippen molar-refractivity contribution in [1.29, 1.82) is 0 Å². The third kappa shape index (κ3) is 3.73. The lowest BCUT2D eigenvalue weighted by Gasteiger charge is -2.25. The zero-order chi connectivity index (χ0) is 13.1. The minimum Gasteiger partial charge on any atom is -0.496 e. The van der Waals surface area contributed by atoms with Crippen LogP contribution in [0.2, 0.25) is 0 Å². The van der Waals surface area contributed by atoms with E-state index in [-0.39, 0.29) is 5.91 Å². The van der Waals surface area contributed by atoms with E-state index in [0.717, 1.165) is 11.3 Å². The Balaban J connectivity index is 2.81. The Morgan fingerprint density at radius 1 is 1.41 bits per heavy atom. The van der Waals surface area contributed by atoms with Gasteiger partial charge in [-0.15, -0.1) is 0 Å². The number of nitrogens with zero attached hydrogens (tertiary/aromatic N) is 1. The molecular weight excluding hydrogens is 282 g/mol. The summed E-state index contributed by atoms with van der Waals surface area (Å²) < 4.78 is 4.72. The number of ether oxygens (including phenoxy) is 1. The fourth-order valence-corrected chi connectivity index (χ4v) is 1.92. The molecule has 0 aliphatic carbocycles. The predicted molar refractivity (Wildman–Crippen MR) is 72.5 cm³/mol. The molecule has 94 valence electrons. The van der Waals surface area contributed by atoms with Crippen LogP contribution < -0.4 is 4.74 Å². The maximum atomic E-state index is 12.0. The van der Waals surface area contributed by atoms with Crippen LogP contribution >= 0.6 is 15.9 Å². The van der Waals surface area contributed by atoms with Gasteiger partial charge in [0.05, 0.1) is 11.4 Å². The lowest BCUT2D eigenvalue weighted by Crippen LogP contribution is -2.38. The Morgan fingerprint density at radius 3 is 2.53 bits per heavy atom. The molecule has 1 amide bonds. The monoisotopic (exact) mass is 299 g/mol. The Morgan fingerprint density at radius 2 is 2.00 bits per heavy atom.